The van der Waals surface area contributed by atoms with E-state index < -0.39 is 35.2 Å². The zero-order valence-corrected chi connectivity index (χ0v) is 23.4. The number of carbonyl (C=O) groups is 3. The maximum Gasteiger partial charge on any atom is 0.408 e. The second kappa shape index (κ2) is 12.1. The zero-order valence-electron chi connectivity index (χ0n) is 23.4. The van der Waals surface area contributed by atoms with Crippen LogP contribution < -0.4 is 10.6 Å². The van der Waals surface area contributed by atoms with Gasteiger partial charge in [-0.2, -0.15) is 5.10 Å². The average Bonchev–Trinajstić information content (AvgIpc) is 3.25. The Morgan fingerprint density at radius 3 is 2.00 bits per heavy atom. The molecular weight excluding hydrogens is 512 g/mol. The summed E-state index contributed by atoms with van der Waals surface area (Å²) in [4.78, 5) is 37.0. The number of aliphatic hydroxyl groups excluding tert-OH is 1. The summed E-state index contributed by atoms with van der Waals surface area (Å²) in [6.07, 6.45) is -0.789. The summed E-state index contributed by atoms with van der Waals surface area (Å²) in [6, 6.07) is 14.5. The van der Waals surface area contributed by atoms with Crippen LogP contribution in [-0.4, -0.2) is 55.1 Å². The highest BCUT2D eigenvalue weighted by atomic mass is 16.6. The van der Waals surface area contributed by atoms with Crippen LogP contribution in [0.5, 0.6) is 0 Å². The van der Waals surface area contributed by atoms with Crippen LogP contribution in [0.4, 0.5) is 4.79 Å². The molecule has 3 aromatic rings. The molecule has 0 bridgehead atoms. The van der Waals surface area contributed by atoms with Crippen molar-refractivity contribution in [3.8, 4) is 23.1 Å². The maximum absolute atomic E-state index is 12.8. The maximum atomic E-state index is 12.8. The molecule has 2 amide bonds. The van der Waals surface area contributed by atoms with Crippen LogP contribution in [0.2, 0.25) is 0 Å². The number of aryl methyl sites for hydroxylation is 1. The molecule has 1 unspecified atom stereocenters. The summed E-state index contributed by atoms with van der Waals surface area (Å²) < 4.78 is 6.93. The van der Waals surface area contributed by atoms with E-state index in [-0.39, 0.29) is 12.2 Å². The van der Waals surface area contributed by atoms with Gasteiger partial charge in [-0.1, -0.05) is 24.0 Å². The van der Waals surface area contributed by atoms with Gasteiger partial charge in [0.05, 0.1) is 23.5 Å². The molecule has 0 aliphatic heterocycles. The second-order valence-corrected chi connectivity index (χ2v) is 10.8. The van der Waals surface area contributed by atoms with Crippen LogP contribution in [0.3, 0.4) is 0 Å². The van der Waals surface area contributed by atoms with Crippen LogP contribution in [0, 0.1) is 11.8 Å². The fourth-order valence-electron chi connectivity index (χ4n) is 3.85. The molecule has 210 valence electrons. The summed E-state index contributed by atoms with van der Waals surface area (Å²) >= 11 is 0. The standard InChI is InChI=1S/C30H34N4O6/c1-29(2,3)40-28(39)32-30(4,5)25(27(37)38)31-26(36)22-15-11-20(12-16-22)8-7-19-9-13-21(14-10-19)24-17-23(18-35)33-34(24)6/h9-17,25,35H,18H2,1-6H3,(H,31,36)(H,32,39)(H,37,38). The lowest BCUT2D eigenvalue weighted by Crippen LogP contribution is -2.62. The summed E-state index contributed by atoms with van der Waals surface area (Å²) in [5, 5.41) is 28.3. The number of hydrogen-bond donors (Lipinski definition) is 4. The number of rotatable bonds is 7. The lowest BCUT2D eigenvalue weighted by Gasteiger charge is -2.33. The molecular formula is C30H34N4O6. The highest BCUT2D eigenvalue weighted by molar-refractivity contribution is 5.97. The Kier molecular flexibility index (Phi) is 9.02. The smallest absolute Gasteiger partial charge is 0.408 e. The molecule has 3 rings (SSSR count). The van der Waals surface area contributed by atoms with Crippen LogP contribution >= 0.6 is 0 Å². The Bertz CT molecular complexity index is 1440. The van der Waals surface area contributed by atoms with Crippen molar-refractivity contribution in [3.63, 3.8) is 0 Å². The Balaban J connectivity index is 1.67. The number of carboxylic acid groups (broad SMARTS) is 1. The van der Waals surface area contributed by atoms with E-state index in [0.717, 1.165) is 16.8 Å². The van der Waals surface area contributed by atoms with Gasteiger partial charge >= 0.3 is 12.1 Å². The van der Waals surface area contributed by atoms with Crippen molar-refractivity contribution in [1.82, 2.24) is 20.4 Å². The van der Waals surface area contributed by atoms with Crippen molar-refractivity contribution < 1.29 is 29.3 Å². The third kappa shape index (κ3) is 7.94. The molecule has 0 aliphatic rings. The Morgan fingerprint density at radius 1 is 0.975 bits per heavy atom. The van der Waals surface area contributed by atoms with Gasteiger partial charge in [0.25, 0.3) is 5.91 Å². The Hall–Kier alpha value is -4.62. The van der Waals surface area contributed by atoms with Crippen molar-refractivity contribution in [3.05, 3.63) is 77.0 Å². The molecule has 1 heterocycles. The lowest BCUT2D eigenvalue weighted by atomic mass is 9.94. The van der Waals surface area contributed by atoms with E-state index in [4.69, 9.17) is 4.74 Å². The number of aliphatic carboxylic acids is 1. The first-order chi connectivity index (χ1) is 18.7. The number of hydrogen-bond acceptors (Lipinski definition) is 6. The molecule has 40 heavy (non-hydrogen) atoms. The minimum absolute atomic E-state index is 0.124. The van der Waals surface area contributed by atoms with E-state index in [2.05, 4.69) is 27.6 Å². The van der Waals surface area contributed by atoms with Crippen molar-refractivity contribution in [2.24, 2.45) is 7.05 Å². The predicted octanol–water partition coefficient (Wildman–Crippen LogP) is 3.47. The van der Waals surface area contributed by atoms with Gasteiger partial charge in [-0.25, -0.2) is 9.59 Å². The SMILES string of the molecule is Cn1nc(CO)cc1-c1ccc(C#Cc2ccc(C(=O)NC(C(=O)O)C(C)(C)NC(=O)OC(C)(C)C)cc2)cc1. The number of aliphatic hydroxyl groups is 1. The Labute approximate surface area is 233 Å². The zero-order chi connectivity index (χ0) is 29.7. The molecule has 10 heteroatoms. The van der Waals surface area contributed by atoms with Gasteiger partial charge in [0.1, 0.15) is 11.6 Å². The van der Waals surface area contributed by atoms with E-state index in [1.54, 1.807) is 49.7 Å². The number of carbonyl (C=O) groups excluding carboxylic acids is 2. The third-order valence-electron chi connectivity index (χ3n) is 5.84. The number of nitrogens with one attached hydrogen (secondary N) is 2. The quantitative estimate of drug-likeness (QED) is 0.332. The minimum atomic E-state index is -1.42. The highest BCUT2D eigenvalue weighted by Gasteiger charge is 2.39. The van der Waals surface area contributed by atoms with Crippen LogP contribution in [0.15, 0.2) is 54.6 Å². The summed E-state index contributed by atoms with van der Waals surface area (Å²) in [5.74, 6) is 4.21. The molecule has 1 atom stereocenters. The van der Waals surface area contributed by atoms with Crippen LogP contribution in [0.1, 0.15) is 61.8 Å². The number of amides is 2. The average molecular weight is 547 g/mol. The van der Waals surface area contributed by atoms with E-state index in [1.807, 2.05) is 37.4 Å². The van der Waals surface area contributed by atoms with Crippen molar-refractivity contribution in [1.29, 1.82) is 0 Å². The van der Waals surface area contributed by atoms with Gasteiger partial charge in [0.15, 0.2) is 0 Å². The number of nitrogens with zero attached hydrogens (tertiary/aromatic N) is 2. The molecule has 0 radical (unpaired) electrons. The minimum Gasteiger partial charge on any atom is -0.480 e. The molecule has 0 saturated carbocycles. The van der Waals surface area contributed by atoms with Crippen LogP contribution in [0.25, 0.3) is 11.3 Å². The van der Waals surface area contributed by atoms with Crippen molar-refractivity contribution in [2.75, 3.05) is 0 Å². The molecule has 0 aliphatic carbocycles. The van der Waals surface area contributed by atoms with Gasteiger partial charge in [0.2, 0.25) is 0 Å². The molecule has 4 N–H and O–H groups in total. The largest absolute Gasteiger partial charge is 0.480 e. The van der Waals surface area contributed by atoms with Crippen LogP contribution in [-0.2, 0) is 23.2 Å². The third-order valence-corrected chi connectivity index (χ3v) is 5.84. The van der Waals surface area contributed by atoms with Crippen molar-refractivity contribution >= 4 is 18.0 Å². The van der Waals surface area contributed by atoms with Gasteiger partial charge in [0, 0.05) is 23.7 Å². The molecule has 2 aromatic carbocycles. The number of ether oxygens (including phenoxy) is 1. The molecule has 0 spiro atoms. The summed E-state index contributed by atoms with van der Waals surface area (Å²) in [7, 11) is 1.82. The number of carboxylic acids is 1. The van der Waals surface area contributed by atoms with E-state index in [9.17, 15) is 24.6 Å². The topological polar surface area (TPSA) is 143 Å². The summed E-state index contributed by atoms with van der Waals surface area (Å²) in [5.41, 5.74) is 2.02. The van der Waals surface area contributed by atoms with Gasteiger partial charge in [-0.3, -0.25) is 9.48 Å². The molecule has 0 fully saturated rings. The first-order valence-corrected chi connectivity index (χ1v) is 12.6. The second-order valence-electron chi connectivity index (χ2n) is 10.8. The first kappa shape index (κ1) is 29.9. The van der Waals surface area contributed by atoms with Crippen molar-refractivity contribution in [2.45, 2.75) is 58.4 Å². The van der Waals surface area contributed by atoms with E-state index in [1.165, 1.54) is 13.8 Å². The fourth-order valence-corrected chi connectivity index (χ4v) is 3.85. The number of aromatic nitrogens is 2. The first-order valence-electron chi connectivity index (χ1n) is 12.6. The number of alkyl carbamates (subject to hydrolysis) is 1. The fraction of sp³-hybridized carbons (Fsp3) is 0.333. The normalized spacial score (nSPS) is 12.1. The van der Waals surface area contributed by atoms with E-state index in [0.29, 0.717) is 11.3 Å². The lowest BCUT2D eigenvalue weighted by molar-refractivity contribution is -0.141. The molecule has 10 nitrogen and oxygen atoms in total. The van der Waals surface area contributed by atoms with Gasteiger partial charge < -0.3 is 25.6 Å². The van der Waals surface area contributed by atoms with E-state index >= 15 is 0 Å². The monoisotopic (exact) mass is 546 g/mol. The highest BCUT2D eigenvalue weighted by Crippen LogP contribution is 2.20. The van der Waals surface area contributed by atoms with Gasteiger partial charge in [-0.15, -0.1) is 0 Å². The number of benzene rings is 2. The van der Waals surface area contributed by atoms with Gasteiger partial charge in [-0.05, 0) is 82.6 Å². The molecule has 0 saturated heterocycles. The molecule has 1 aromatic heterocycles. The Morgan fingerprint density at radius 2 is 1.52 bits per heavy atom. The predicted molar refractivity (Wildman–Crippen MR) is 149 cm³/mol. The summed E-state index contributed by atoms with van der Waals surface area (Å²) in [6.45, 7) is 7.94.